The SMILES string of the molecule is COc1ncccc1-c1cnn2ccc(N3CCc4ncn(CC(F)(F)F)c4C3)nc12. The van der Waals surface area contributed by atoms with Crippen LogP contribution in [0.25, 0.3) is 16.8 Å². The Labute approximate surface area is 174 Å². The maximum Gasteiger partial charge on any atom is 0.406 e. The van der Waals surface area contributed by atoms with Gasteiger partial charge in [-0.2, -0.15) is 18.3 Å². The Balaban J connectivity index is 1.50. The summed E-state index contributed by atoms with van der Waals surface area (Å²) in [5.74, 6) is 1.12. The number of pyridine rings is 1. The van der Waals surface area contributed by atoms with Gasteiger partial charge in [0, 0.05) is 30.9 Å². The Bertz CT molecular complexity index is 1250. The first kappa shape index (κ1) is 19.3. The van der Waals surface area contributed by atoms with Gasteiger partial charge >= 0.3 is 6.18 Å². The summed E-state index contributed by atoms with van der Waals surface area (Å²) in [5, 5.41) is 4.35. The highest BCUT2D eigenvalue weighted by Gasteiger charge is 2.31. The zero-order valence-electron chi connectivity index (χ0n) is 16.5. The molecule has 5 rings (SSSR count). The molecule has 1 aliphatic rings. The molecule has 0 atom stereocenters. The predicted molar refractivity (Wildman–Crippen MR) is 106 cm³/mol. The molecule has 1 aliphatic heterocycles. The van der Waals surface area contributed by atoms with Crippen LogP contribution in [-0.4, -0.2) is 49.0 Å². The van der Waals surface area contributed by atoms with E-state index >= 15 is 0 Å². The first-order chi connectivity index (χ1) is 14.9. The third-order valence-corrected chi connectivity index (χ3v) is 5.27. The molecule has 0 aliphatic carbocycles. The standard InChI is InChI=1S/C20H18F3N7O/c1-31-19-13(3-2-6-24-19)14-9-26-30-8-5-17(27-18(14)30)28-7-4-15-16(10-28)29(12-25-15)11-20(21,22)23/h2-3,5-6,8-9,12H,4,7,10-11H2,1H3. The van der Waals surface area contributed by atoms with Crippen LogP contribution < -0.4 is 9.64 Å². The molecule has 4 aromatic rings. The van der Waals surface area contributed by atoms with Gasteiger partial charge in [-0.15, -0.1) is 0 Å². The number of hydrogen-bond donors (Lipinski definition) is 0. The third-order valence-electron chi connectivity index (χ3n) is 5.27. The van der Waals surface area contributed by atoms with Gasteiger partial charge in [0.05, 0.1) is 43.1 Å². The van der Waals surface area contributed by atoms with Gasteiger partial charge in [-0.1, -0.05) is 0 Å². The average Bonchev–Trinajstić information content (AvgIpc) is 3.36. The fourth-order valence-electron chi connectivity index (χ4n) is 3.85. The smallest absolute Gasteiger partial charge is 0.406 e. The van der Waals surface area contributed by atoms with Crippen molar-refractivity contribution >= 4 is 11.5 Å². The Morgan fingerprint density at radius 2 is 2.03 bits per heavy atom. The zero-order valence-corrected chi connectivity index (χ0v) is 16.5. The minimum absolute atomic E-state index is 0.300. The predicted octanol–water partition coefficient (Wildman–Crippen LogP) is 3.12. The molecule has 4 aromatic heterocycles. The molecular formula is C20H18F3N7O. The molecule has 31 heavy (non-hydrogen) atoms. The Hall–Kier alpha value is -3.63. The van der Waals surface area contributed by atoms with Crippen LogP contribution in [0.5, 0.6) is 5.88 Å². The molecule has 8 nitrogen and oxygen atoms in total. The number of alkyl halides is 3. The summed E-state index contributed by atoms with van der Waals surface area (Å²) in [5.41, 5.74) is 3.39. The molecule has 0 saturated heterocycles. The van der Waals surface area contributed by atoms with Crippen LogP contribution in [0.1, 0.15) is 11.4 Å². The number of ether oxygens (including phenoxy) is 1. The quantitative estimate of drug-likeness (QED) is 0.496. The van der Waals surface area contributed by atoms with Crippen molar-refractivity contribution in [2.75, 3.05) is 18.6 Å². The van der Waals surface area contributed by atoms with Crippen molar-refractivity contribution in [3.05, 3.63) is 54.5 Å². The maximum atomic E-state index is 12.9. The monoisotopic (exact) mass is 429 g/mol. The van der Waals surface area contributed by atoms with Crippen molar-refractivity contribution in [3.8, 4) is 17.0 Å². The fourth-order valence-corrected chi connectivity index (χ4v) is 3.85. The minimum atomic E-state index is -4.30. The van der Waals surface area contributed by atoms with Crippen molar-refractivity contribution in [2.45, 2.75) is 25.7 Å². The number of fused-ring (bicyclic) bond motifs is 2. The molecule has 0 fully saturated rings. The van der Waals surface area contributed by atoms with Gasteiger partial charge in [0.1, 0.15) is 12.4 Å². The van der Waals surface area contributed by atoms with E-state index < -0.39 is 12.7 Å². The molecular weight excluding hydrogens is 411 g/mol. The minimum Gasteiger partial charge on any atom is -0.481 e. The Morgan fingerprint density at radius 3 is 2.84 bits per heavy atom. The molecule has 0 unspecified atom stereocenters. The Morgan fingerprint density at radius 1 is 1.16 bits per heavy atom. The number of methoxy groups -OCH3 is 1. The van der Waals surface area contributed by atoms with E-state index in [-0.39, 0.29) is 0 Å². The van der Waals surface area contributed by atoms with Crippen LogP contribution >= 0.6 is 0 Å². The summed E-state index contributed by atoms with van der Waals surface area (Å²) in [7, 11) is 1.55. The molecule has 0 spiro atoms. The van der Waals surface area contributed by atoms with E-state index in [0.29, 0.717) is 48.2 Å². The lowest BCUT2D eigenvalue weighted by Gasteiger charge is -2.28. The van der Waals surface area contributed by atoms with Crippen molar-refractivity contribution in [1.82, 2.24) is 29.1 Å². The second-order valence-corrected chi connectivity index (χ2v) is 7.22. The molecule has 0 aromatic carbocycles. The highest BCUT2D eigenvalue weighted by atomic mass is 19.4. The maximum absolute atomic E-state index is 12.9. The largest absolute Gasteiger partial charge is 0.481 e. The number of nitrogens with zero attached hydrogens (tertiary/aromatic N) is 7. The summed E-state index contributed by atoms with van der Waals surface area (Å²) in [6, 6.07) is 5.49. The van der Waals surface area contributed by atoms with Crippen LogP contribution in [0.3, 0.4) is 0 Å². The first-order valence-corrected chi connectivity index (χ1v) is 9.61. The fraction of sp³-hybridized carbons (Fsp3) is 0.300. The number of hydrogen-bond acceptors (Lipinski definition) is 6. The lowest BCUT2D eigenvalue weighted by Crippen LogP contribution is -2.33. The topological polar surface area (TPSA) is 73.4 Å². The van der Waals surface area contributed by atoms with Gasteiger partial charge in [-0.3, -0.25) is 0 Å². The van der Waals surface area contributed by atoms with E-state index in [4.69, 9.17) is 9.72 Å². The average molecular weight is 429 g/mol. The van der Waals surface area contributed by atoms with E-state index in [1.807, 2.05) is 11.0 Å². The third kappa shape index (κ3) is 3.56. The molecule has 0 amide bonds. The van der Waals surface area contributed by atoms with Crippen LogP contribution in [-0.2, 0) is 19.5 Å². The number of imidazole rings is 1. The zero-order chi connectivity index (χ0) is 21.6. The van der Waals surface area contributed by atoms with E-state index in [0.717, 1.165) is 11.1 Å². The van der Waals surface area contributed by atoms with Crippen molar-refractivity contribution < 1.29 is 17.9 Å². The van der Waals surface area contributed by atoms with Gasteiger partial charge in [0.25, 0.3) is 0 Å². The molecule has 5 heterocycles. The van der Waals surface area contributed by atoms with Gasteiger partial charge in [0.15, 0.2) is 5.65 Å². The van der Waals surface area contributed by atoms with E-state index in [1.54, 1.807) is 42.3 Å². The Kier molecular flexibility index (Phi) is 4.53. The van der Waals surface area contributed by atoms with Crippen molar-refractivity contribution in [3.63, 3.8) is 0 Å². The number of halogens is 3. The van der Waals surface area contributed by atoms with E-state index in [2.05, 4.69) is 15.1 Å². The van der Waals surface area contributed by atoms with Gasteiger partial charge < -0.3 is 14.2 Å². The van der Waals surface area contributed by atoms with Crippen LogP contribution in [0.2, 0.25) is 0 Å². The number of rotatable bonds is 4. The van der Waals surface area contributed by atoms with Crippen molar-refractivity contribution in [1.29, 1.82) is 0 Å². The normalized spacial score (nSPS) is 14.1. The van der Waals surface area contributed by atoms with E-state index in [1.165, 1.54) is 10.9 Å². The first-order valence-electron chi connectivity index (χ1n) is 9.61. The summed E-state index contributed by atoms with van der Waals surface area (Å²) in [6.07, 6.45) is 2.63. The molecule has 11 heteroatoms. The second-order valence-electron chi connectivity index (χ2n) is 7.22. The number of anilines is 1. The van der Waals surface area contributed by atoms with E-state index in [9.17, 15) is 13.2 Å². The van der Waals surface area contributed by atoms with Gasteiger partial charge in [0.2, 0.25) is 5.88 Å². The molecule has 0 N–H and O–H groups in total. The van der Waals surface area contributed by atoms with Crippen molar-refractivity contribution in [2.24, 2.45) is 0 Å². The molecule has 0 radical (unpaired) electrons. The summed E-state index contributed by atoms with van der Waals surface area (Å²) < 4.78 is 46.9. The van der Waals surface area contributed by atoms with Crippen LogP contribution in [0.15, 0.2) is 43.1 Å². The molecule has 160 valence electrons. The van der Waals surface area contributed by atoms with Gasteiger partial charge in [-0.05, 0) is 18.2 Å². The van der Waals surface area contributed by atoms with Crippen LogP contribution in [0, 0.1) is 0 Å². The van der Waals surface area contributed by atoms with Gasteiger partial charge in [-0.25, -0.2) is 19.5 Å². The lowest BCUT2D eigenvalue weighted by atomic mass is 10.1. The second kappa shape index (κ2) is 7.25. The number of aromatic nitrogens is 6. The highest BCUT2D eigenvalue weighted by Crippen LogP contribution is 2.32. The molecule has 0 bridgehead atoms. The summed E-state index contributed by atoms with van der Waals surface area (Å²) >= 11 is 0. The molecule has 0 saturated carbocycles. The van der Waals surface area contributed by atoms with Crippen LogP contribution in [0.4, 0.5) is 19.0 Å². The summed E-state index contributed by atoms with van der Waals surface area (Å²) in [6.45, 7) is -0.142. The lowest BCUT2D eigenvalue weighted by molar-refractivity contribution is -0.141. The summed E-state index contributed by atoms with van der Waals surface area (Å²) in [4.78, 5) is 15.1. The highest BCUT2D eigenvalue weighted by molar-refractivity contribution is 5.80.